The topological polar surface area (TPSA) is 106 Å². The van der Waals surface area contributed by atoms with Crippen LogP contribution in [-0.4, -0.2) is 82.7 Å². The molecule has 0 unspecified atom stereocenters. The molecule has 0 spiro atoms. The molecule has 8 nitrogen and oxygen atoms in total. The van der Waals surface area contributed by atoms with Crippen molar-refractivity contribution in [3.8, 4) is 11.5 Å². The van der Waals surface area contributed by atoms with E-state index in [1.807, 2.05) is 38.1 Å². The first-order chi connectivity index (χ1) is 16.6. The van der Waals surface area contributed by atoms with Crippen molar-refractivity contribution in [1.82, 2.24) is 10.2 Å². The number of halogens is 2. The largest absolute Gasteiger partial charge is 0.493 e. The summed E-state index contributed by atoms with van der Waals surface area (Å²) in [6, 6.07) is 5.62. The van der Waals surface area contributed by atoms with Gasteiger partial charge >= 0.3 is 0 Å². The molecule has 0 fully saturated rings. The van der Waals surface area contributed by atoms with E-state index in [-0.39, 0.29) is 42.6 Å². The molecule has 4 N–H and O–H groups in total. The molecule has 0 bridgehead atoms. The number of nitrogens with zero attached hydrogens (tertiary/aromatic N) is 1. The van der Waals surface area contributed by atoms with Crippen LogP contribution in [-0.2, 0) is 16.0 Å². The first-order valence-electron chi connectivity index (χ1n) is 12.7. The van der Waals surface area contributed by atoms with Gasteiger partial charge in [-0.15, -0.1) is 24.8 Å². The Hall–Kier alpha value is -1.29. The Bertz CT molecular complexity index is 740. The van der Waals surface area contributed by atoms with E-state index < -0.39 is 12.1 Å². The van der Waals surface area contributed by atoms with Gasteiger partial charge < -0.3 is 35.3 Å². The lowest BCUT2D eigenvalue weighted by Crippen LogP contribution is -2.41. The van der Waals surface area contributed by atoms with Gasteiger partial charge in [0.25, 0.3) is 0 Å². The molecule has 0 saturated heterocycles. The second-order valence-corrected chi connectivity index (χ2v) is 10.1. The van der Waals surface area contributed by atoms with Crippen molar-refractivity contribution in [2.24, 2.45) is 23.5 Å². The fourth-order valence-corrected chi connectivity index (χ4v) is 3.97. The van der Waals surface area contributed by atoms with Crippen LogP contribution in [0.2, 0.25) is 0 Å². The van der Waals surface area contributed by atoms with E-state index in [4.69, 9.17) is 19.9 Å². The number of aliphatic hydroxyl groups excluding tert-OH is 1. The molecule has 4 atom stereocenters. The average molecular weight is 569 g/mol. The number of benzene rings is 1. The Labute approximate surface area is 236 Å². The molecule has 1 rings (SSSR count). The zero-order valence-corrected chi connectivity index (χ0v) is 25.3. The van der Waals surface area contributed by atoms with Gasteiger partial charge in [0, 0.05) is 45.2 Å². The average Bonchev–Trinajstić information content (AvgIpc) is 2.80. The number of carbonyl (C=O) groups excluding carboxylic acids is 1. The predicted octanol–water partition coefficient (Wildman–Crippen LogP) is 3.55. The number of likely N-dealkylation sites (N-methyl/N-ethyl adjacent to an activating group) is 1. The van der Waals surface area contributed by atoms with Gasteiger partial charge in [-0.05, 0) is 62.9 Å². The number of amides is 1. The summed E-state index contributed by atoms with van der Waals surface area (Å²) < 4.78 is 16.5. The van der Waals surface area contributed by atoms with E-state index in [0.717, 1.165) is 30.7 Å². The van der Waals surface area contributed by atoms with Gasteiger partial charge in [-0.3, -0.25) is 4.79 Å². The second-order valence-electron chi connectivity index (χ2n) is 10.1. The zero-order chi connectivity index (χ0) is 26.4. The fourth-order valence-electron chi connectivity index (χ4n) is 3.97. The third-order valence-electron chi connectivity index (χ3n) is 6.39. The van der Waals surface area contributed by atoms with Gasteiger partial charge in [0.2, 0.25) is 5.91 Å². The van der Waals surface area contributed by atoms with E-state index in [1.54, 1.807) is 14.2 Å². The summed E-state index contributed by atoms with van der Waals surface area (Å²) in [5.74, 6) is 1.75. The summed E-state index contributed by atoms with van der Waals surface area (Å²) in [4.78, 5) is 14.4. The molecule has 37 heavy (non-hydrogen) atoms. The number of carbonyl (C=O) groups is 1. The highest BCUT2D eigenvalue weighted by molar-refractivity contribution is 5.85. The van der Waals surface area contributed by atoms with Crippen LogP contribution < -0.4 is 20.5 Å². The predicted molar refractivity (Wildman–Crippen MR) is 155 cm³/mol. The van der Waals surface area contributed by atoms with Gasteiger partial charge in [0.05, 0.1) is 19.8 Å². The number of rotatable bonds is 18. The van der Waals surface area contributed by atoms with E-state index in [1.165, 1.54) is 0 Å². The summed E-state index contributed by atoms with van der Waals surface area (Å²) in [7, 11) is 7.24. The fraction of sp³-hybridized carbons (Fsp3) is 0.741. The number of nitrogens with one attached hydrogen (secondary N) is 1. The first kappa shape index (κ1) is 37.9. The minimum atomic E-state index is -0.735. The monoisotopic (exact) mass is 567 g/mol. The van der Waals surface area contributed by atoms with Crippen molar-refractivity contribution in [2.45, 2.75) is 58.6 Å². The standard InChI is InChI=1S/C27H49N3O5.2ClH/c1-19(2)22(16-21-9-10-25(34-7)26(17-21)35-14-8-13-33-6)18-23(28)24(31)15-20(3)27(32)29-11-12-30(4)5;;/h9-10,17,19-20,22-24,31H,8,11-16,18,28H2,1-7H3,(H,29,32);2*1H/t20-,22+,23+,24+;;/m1../s1. The minimum Gasteiger partial charge on any atom is -0.493 e. The Morgan fingerprint density at radius 3 is 2.32 bits per heavy atom. The molecule has 218 valence electrons. The summed E-state index contributed by atoms with van der Waals surface area (Å²) in [5, 5.41) is 13.7. The Morgan fingerprint density at radius 1 is 1.08 bits per heavy atom. The summed E-state index contributed by atoms with van der Waals surface area (Å²) in [5.41, 5.74) is 7.56. The lowest BCUT2D eigenvalue weighted by Gasteiger charge is -2.28. The van der Waals surface area contributed by atoms with Gasteiger partial charge in [-0.25, -0.2) is 0 Å². The maximum absolute atomic E-state index is 12.3. The van der Waals surface area contributed by atoms with Crippen LogP contribution in [0.4, 0.5) is 0 Å². The zero-order valence-electron chi connectivity index (χ0n) is 23.7. The van der Waals surface area contributed by atoms with Crippen LogP contribution in [0.25, 0.3) is 0 Å². The molecule has 0 aliphatic heterocycles. The number of aliphatic hydroxyl groups is 1. The van der Waals surface area contributed by atoms with Gasteiger partial charge in [-0.2, -0.15) is 0 Å². The molecular formula is C27H51Cl2N3O5. The van der Waals surface area contributed by atoms with Crippen LogP contribution in [0.1, 0.15) is 45.6 Å². The smallest absolute Gasteiger partial charge is 0.222 e. The van der Waals surface area contributed by atoms with Crippen LogP contribution in [0.15, 0.2) is 18.2 Å². The Morgan fingerprint density at radius 2 is 1.76 bits per heavy atom. The SMILES string of the molecule is COCCCOc1cc(C[C@@H](C[C@H](N)[C@@H](O)C[C@@H](C)C(=O)NCCN(C)C)C(C)C)ccc1OC.Cl.Cl. The normalized spacial score (nSPS) is 14.2. The number of hydrogen-bond donors (Lipinski definition) is 3. The van der Waals surface area contributed by atoms with E-state index in [2.05, 4.69) is 25.2 Å². The van der Waals surface area contributed by atoms with E-state index in [0.29, 0.717) is 44.3 Å². The molecule has 1 amide bonds. The molecule has 0 aromatic heterocycles. The minimum absolute atomic E-state index is 0. The Kier molecular flexibility index (Phi) is 21.1. The third kappa shape index (κ3) is 15.0. The summed E-state index contributed by atoms with van der Waals surface area (Å²) in [6.45, 7) is 8.77. The Balaban J connectivity index is 0. The highest BCUT2D eigenvalue weighted by Gasteiger charge is 2.26. The first-order valence-corrected chi connectivity index (χ1v) is 12.7. The number of hydrogen-bond acceptors (Lipinski definition) is 7. The molecular weight excluding hydrogens is 517 g/mol. The molecule has 10 heteroatoms. The molecule has 0 radical (unpaired) electrons. The van der Waals surface area contributed by atoms with Crippen molar-refractivity contribution in [1.29, 1.82) is 0 Å². The van der Waals surface area contributed by atoms with Gasteiger partial charge in [-0.1, -0.05) is 26.8 Å². The second kappa shape index (κ2) is 20.6. The molecule has 0 heterocycles. The lowest BCUT2D eigenvalue weighted by atomic mass is 9.82. The third-order valence-corrected chi connectivity index (χ3v) is 6.39. The number of methoxy groups -OCH3 is 2. The van der Waals surface area contributed by atoms with E-state index in [9.17, 15) is 9.90 Å². The molecule has 1 aromatic rings. The maximum atomic E-state index is 12.3. The highest BCUT2D eigenvalue weighted by Crippen LogP contribution is 2.31. The molecule has 0 saturated carbocycles. The van der Waals surface area contributed by atoms with Crippen LogP contribution >= 0.6 is 24.8 Å². The van der Waals surface area contributed by atoms with Crippen molar-refractivity contribution in [3.05, 3.63) is 23.8 Å². The maximum Gasteiger partial charge on any atom is 0.222 e. The van der Waals surface area contributed by atoms with E-state index >= 15 is 0 Å². The van der Waals surface area contributed by atoms with Crippen molar-refractivity contribution < 1.29 is 24.1 Å². The van der Waals surface area contributed by atoms with Crippen molar-refractivity contribution in [3.63, 3.8) is 0 Å². The van der Waals surface area contributed by atoms with Crippen molar-refractivity contribution >= 4 is 30.7 Å². The van der Waals surface area contributed by atoms with Crippen LogP contribution in [0, 0.1) is 17.8 Å². The highest BCUT2D eigenvalue weighted by atomic mass is 35.5. The van der Waals surface area contributed by atoms with Gasteiger partial charge in [0.1, 0.15) is 0 Å². The van der Waals surface area contributed by atoms with Crippen LogP contribution in [0.3, 0.4) is 0 Å². The molecule has 1 aromatic carbocycles. The summed E-state index contributed by atoms with van der Waals surface area (Å²) in [6.07, 6.45) is 1.90. The van der Waals surface area contributed by atoms with Crippen LogP contribution in [0.5, 0.6) is 11.5 Å². The van der Waals surface area contributed by atoms with Crippen molar-refractivity contribution in [2.75, 3.05) is 54.6 Å². The number of ether oxygens (including phenoxy) is 3. The molecule has 0 aliphatic rings. The molecule has 0 aliphatic carbocycles. The lowest BCUT2D eigenvalue weighted by molar-refractivity contribution is -0.125. The quantitative estimate of drug-likeness (QED) is 0.233. The van der Waals surface area contributed by atoms with Gasteiger partial charge in [0.15, 0.2) is 11.5 Å². The number of nitrogens with two attached hydrogens (primary N) is 1. The summed E-state index contributed by atoms with van der Waals surface area (Å²) >= 11 is 0.